The van der Waals surface area contributed by atoms with Crippen molar-refractivity contribution in [1.29, 1.82) is 0 Å². The van der Waals surface area contributed by atoms with Gasteiger partial charge in [0.25, 0.3) is 5.91 Å². The van der Waals surface area contributed by atoms with Gasteiger partial charge in [0, 0.05) is 12.1 Å². The molecule has 0 bridgehead atoms. The number of benzene rings is 1. The predicted octanol–water partition coefficient (Wildman–Crippen LogP) is 4.94. The number of ether oxygens (including phenoxy) is 1. The Morgan fingerprint density at radius 1 is 1.21 bits per heavy atom. The summed E-state index contributed by atoms with van der Waals surface area (Å²) in [6, 6.07) is 2.95. The van der Waals surface area contributed by atoms with E-state index in [-0.39, 0.29) is 53.0 Å². The highest BCUT2D eigenvalue weighted by atomic mass is 32.2. The predicted molar refractivity (Wildman–Crippen MR) is 112 cm³/mol. The topological polar surface area (TPSA) is 80.0 Å². The van der Waals surface area contributed by atoms with Gasteiger partial charge in [0.1, 0.15) is 27.5 Å². The zero-order valence-electron chi connectivity index (χ0n) is 16.4. The number of thioether (sulfide) groups is 1. The molecule has 176 valence electrons. The molecule has 0 atom stereocenters. The first-order chi connectivity index (χ1) is 15.5. The van der Waals surface area contributed by atoms with Gasteiger partial charge >= 0.3 is 12.1 Å². The number of carboxylic acid groups (broad SMARTS) is 1. The number of carbonyl (C=O) groups is 2. The van der Waals surface area contributed by atoms with E-state index in [1.165, 1.54) is 23.1 Å². The Kier molecular flexibility index (Phi) is 7.55. The normalized spacial score (nSPS) is 15.7. The third kappa shape index (κ3) is 5.97. The van der Waals surface area contributed by atoms with E-state index in [1.807, 2.05) is 0 Å². The number of hydrogen-bond donors (Lipinski definition) is 1. The van der Waals surface area contributed by atoms with Gasteiger partial charge in [0.2, 0.25) is 0 Å². The number of nitrogens with zero attached hydrogens (tertiary/aromatic N) is 1. The molecule has 0 saturated carbocycles. The monoisotopic (exact) mass is 507 g/mol. The van der Waals surface area contributed by atoms with Crippen molar-refractivity contribution in [1.82, 2.24) is 4.90 Å². The number of furan rings is 1. The lowest BCUT2D eigenvalue weighted by molar-refractivity contribution is -0.140. The van der Waals surface area contributed by atoms with Gasteiger partial charge in [-0.1, -0.05) is 24.0 Å². The molecular formula is C20H14F5NO5S2. The lowest BCUT2D eigenvalue weighted by atomic mass is 10.1. The van der Waals surface area contributed by atoms with E-state index >= 15 is 0 Å². The molecule has 1 aromatic carbocycles. The van der Waals surface area contributed by atoms with Gasteiger partial charge in [0.15, 0.2) is 0 Å². The van der Waals surface area contributed by atoms with Crippen LogP contribution in [0, 0.1) is 11.6 Å². The lowest BCUT2D eigenvalue weighted by Crippen LogP contribution is -2.31. The Balaban J connectivity index is 1.74. The fourth-order valence-corrected chi connectivity index (χ4v) is 4.06. The second-order valence-corrected chi connectivity index (χ2v) is 8.28. The molecule has 1 amide bonds. The number of alkyl halides is 3. The molecule has 0 aliphatic carbocycles. The maximum Gasteiger partial charge on any atom is 0.419 e. The van der Waals surface area contributed by atoms with Gasteiger partial charge in [-0.15, -0.1) is 0 Å². The van der Waals surface area contributed by atoms with Crippen LogP contribution in [-0.4, -0.2) is 46.0 Å². The first-order valence-corrected chi connectivity index (χ1v) is 10.4. The molecule has 6 nitrogen and oxygen atoms in total. The SMILES string of the molecule is O=C(O)CCOCCN1C(=O)C(=Cc2ccc(-c3cc(C(F)(F)F)c(F)cc3F)o2)SC1=S. The third-order valence-corrected chi connectivity index (χ3v) is 5.70. The number of halogens is 5. The average Bonchev–Trinajstić information content (AvgIpc) is 3.26. The van der Waals surface area contributed by atoms with Gasteiger partial charge < -0.3 is 14.3 Å². The summed E-state index contributed by atoms with van der Waals surface area (Å²) < 4.78 is 77.1. The van der Waals surface area contributed by atoms with E-state index in [1.54, 1.807) is 0 Å². The van der Waals surface area contributed by atoms with Crippen LogP contribution in [-0.2, 0) is 20.5 Å². The maximum atomic E-state index is 14.1. The minimum absolute atomic E-state index is 0.0227. The number of rotatable bonds is 8. The van der Waals surface area contributed by atoms with Gasteiger partial charge in [-0.25, -0.2) is 8.78 Å². The third-order valence-electron chi connectivity index (χ3n) is 4.32. The van der Waals surface area contributed by atoms with Gasteiger partial charge in [-0.3, -0.25) is 14.5 Å². The van der Waals surface area contributed by atoms with Crippen LogP contribution in [0.4, 0.5) is 22.0 Å². The summed E-state index contributed by atoms with van der Waals surface area (Å²) >= 11 is 6.09. The minimum Gasteiger partial charge on any atom is -0.481 e. The van der Waals surface area contributed by atoms with Crippen molar-refractivity contribution in [3.8, 4) is 11.3 Å². The van der Waals surface area contributed by atoms with Crippen molar-refractivity contribution in [2.45, 2.75) is 12.6 Å². The summed E-state index contributed by atoms with van der Waals surface area (Å²) in [6.07, 6.45) is -3.91. The van der Waals surface area contributed by atoms with Crippen LogP contribution in [0.5, 0.6) is 0 Å². The van der Waals surface area contributed by atoms with Crippen LogP contribution in [0.25, 0.3) is 17.4 Å². The Labute approximate surface area is 193 Å². The molecule has 1 aliphatic heterocycles. The highest BCUT2D eigenvalue weighted by molar-refractivity contribution is 8.26. The Bertz CT molecular complexity index is 1130. The number of carboxylic acids is 1. The standard InChI is InChI=1S/C20H14F5NO5S2/c21-13-9-14(22)12(20(23,24)25)8-11(13)15-2-1-10(31-15)7-16-18(29)26(19(32)33-16)4-6-30-5-3-17(27)28/h1-2,7-9H,3-6H2,(H,27,28). The highest BCUT2D eigenvalue weighted by Gasteiger charge is 2.36. The number of thiocarbonyl (C=S) groups is 1. The Morgan fingerprint density at radius 3 is 2.61 bits per heavy atom. The van der Waals surface area contributed by atoms with E-state index in [4.69, 9.17) is 26.5 Å². The van der Waals surface area contributed by atoms with E-state index < -0.39 is 40.8 Å². The molecule has 1 N–H and O–H groups in total. The number of aliphatic carboxylic acids is 1. The Morgan fingerprint density at radius 2 is 1.94 bits per heavy atom. The molecule has 2 aromatic rings. The number of carbonyl (C=O) groups excluding carboxylic acids is 1. The molecule has 0 unspecified atom stereocenters. The summed E-state index contributed by atoms with van der Waals surface area (Å²) in [5, 5.41) is 8.56. The van der Waals surface area contributed by atoms with Crippen molar-refractivity contribution in [3.05, 3.63) is 52.1 Å². The first kappa shape index (κ1) is 24.9. The van der Waals surface area contributed by atoms with Crippen molar-refractivity contribution in [2.75, 3.05) is 19.8 Å². The van der Waals surface area contributed by atoms with Crippen LogP contribution >= 0.6 is 24.0 Å². The summed E-state index contributed by atoms with van der Waals surface area (Å²) in [7, 11) is 0. The van der Waals surface area contributed by atoms with Gasteiger partial charge in [-0.2, -0.15) is 13.2 Å². The maximum absolute atomic E-state index is 14.1. The molecule has 1 fully saturated rings. The fraction of sp³-hybridized carbons (Fsp3) is 0.250. The first-order valence-electron chi connectivity index (χ1n) is 9.18. The molecule has 1 aromatic heterocycles. The van der Waals surface area contributed by atoms with Gasteiger partial charge in [0.05, 0.1) is 42.2 Å². The van der Waals surface area contributed by atoms with Crippen molar-refractivity contribution < 1.29 is 45.8 Å². The second kappa shape index (κ2) is 10.0. The van der Waals surface area contributed by atoms with Crippen LogP contribution in [0.1, 0.15) is 17.7 Å². The molecule has 3 rings (SSSR count). The molecule has 2 heterocycles. The number of amides is 1. The van der Waals surface area contributed by atoms with Crippen LogP contribution in [0.2, 0.25) is 0 Å². The molecule has 13 heteroatoms. The van der Waals surface area contributed by atoms with E-state index in [2.05, 4.69) is 0 Å². The zero-order valence-corrected chi connectivity index (χ0v) is 18.1. The number of hydrogen-bond acceptors (Lipinski definition) is 6. The summed E-state index contributed by atoms with van der Waals surface area (Å²) in [4.78, 5) is 24.4. The quantitative estimate of drug-likeness (QED) is 0.235. The summed E-state index contributed by atoms with van der Waals surface area (Å²) in [5.74, 6) is -4.72. The fourth-order valence-electron chi connectivity index (χ4n) is 2.77. The van der Waals surface area contributed by atoms with Crippen molar-refractivity contribution in [3.63, 3.8) is 0 Å². The summed E-state index contributed by atoms with van der Waals surface area (Å²) in [5.41, 5.74) is -2.22. The zero-order chi connectivity index (χ0) is 24.3. The largest absolute Gasteiger partial charge is 0.481 e. The van der Waals surface area contributed by atoms with E-state index in [9.17, 15) is 31.5 Å². The van der Waals surface area contributed by atoms with Crippen LogP contribution < -0.4 is 0 Å². The van der Waals surface area contributed by atoms with Crippen LogP contribution in [0.15, 0.2) is 33.6 Å². The lowest BCUT2D eigenvalue weighted by Gasteiger charge is -2.14. The van der Waals surface area contributed by atoms with Crippen molar-refractivity contribution in [2.24, 2.45) is 0 Å². The smallest absolute Gasteiger partial charge is 0.419 e. The molecule has 0 spiro atoms. The average molecular weight is 507 g/mol. The van der Waals surface area contributed by atoms with E-state index in [0.717, 1.165) is 11.8 Å². The molecule has 33 heavy (non-hydrogen) atoms. The Hall–Kier alpha value is -2.77. The van der Waals surface area contributed by atoms with Gasteiger partial charge in [-0.05, 0) is 18.2 Å². The highest BCUT2D eigenvalue weighted by Crippen LogP contribution is 2.37. The summed E-state index contributed by atoms with van der Waals surface area (Å²) in [6.45, 7) is 0.125. The minimum atomic E-state index is -5.02. The van der Waals surface area contributed by atoms with Crippen molar-refractivity contribution >= 4 is 46.3 Å². The van der Waals surface area contributed by atoms with Crippen LogP contribution in [0.3, 0.4) is 0 Å². The molecular weight excluding hydrogens is 493 g/mol. The molecule has 0 radical (unpaired) electrons. The molecule has 1 saturated heterocycles. The molecule has 1 aliphatic rings. The van der Waals surface area contributed by atoms with E-state index in [0.29, 0.717) is 6.07 Å². The second-order valence-electron chi connectivity index (χ2n) is 6.60.